The number of nitrogens with one attached hydrogen (secondary N) is 3. The summed E-state index contributed by atoms with van der Waals surface area (Å²) >= 11 is 4.38. The lowest BCUT2D eigenvalue weighted by Crippen LogP contribution is -2.12. The zero-order chi connectivity index (χ0) is 18.8. The molecular formula is C19H15BrN4O2S. The van der Waals surface area contributed by atoms with Gasteiger partial charge in [-0.2, -0.15) is 0 Å². The van der Waals surface area contributed by atoms with Gasteiger partial charge in [-0.25, -0.2) is 4.98 Å². The average molecular weight is 443 g/mol. The number of aromatic nitrogens is 2. The predicted octanol–water partition coefficient (Wildman–Crippen LogP) is 4.65. The number of rotatable bonds is 5. The number of anilines is 1. The Morgan fingerprint density at radius 3 is 2.96 bits per heavy atom. The lowest BCUT2D eigenvalue weighted by molar-refractivity contribution is 0.0984. The van der Waals surface area contributed by atoms with Crippen molar-refractivity contribution in [3.8, 4) is 17.0 Å². The van der Waals surface area contributed by atoms with Crippen LogP contribution in [0.5, 0.6) is 5.75 Å². The molecular weight excluding hydrogens is 428 g/mol. The maximum absolute atomic E-state index is 11.8. The van der Waals surface area contributed by atoms with E-state index in [0.717, 1.165) is 21.9 Å². The van der Waals surface area contributed by atoms with Crippen molar-refractivity contribution in [3.63, 3.8) is 0 Å². The van der Waals surface area contributed by atoms with Gasteiger partial charge in [0.2, 0.25) is 0 Å². The van der Waals surface area contributed by atoms with Crippen LogP contribution >= 0.6 is 27.5 Å². The summed E-state index contributed by atoms with van der Waals surface area (Å²) < 4.78 is 2.34. The van der Waals surface area contributed by atoms with Gasteiger partial charge in [-0.3, -0.25) is 9.14 Å². The lowest BCUT2D eigenvalue weighted by Gasteiger charge is -2.05. The Kier molecular flexibility index (Phi) is 4.83. The number of nitrogens with zero attached hydrogens (tertiary/aromatic N) is 1. The number of amides is 1. The Morgan fingerprint density at radius 1 is 1.26 bits per heavy atom. The van der Waals surface area contributed by atoms with Crippen LogP contribution in [0.3, 0.4) is 0 Å². The van der Waals surface area contributed by atoms with Gasteiger partial charge in [-0.05, 0) is 29.8 Å². The number of hydrogen-bond acceptors (Lipinski definition) is 5. The fourth-order valence-corrected chi connectivity index (χ4v) is 3.80. The molecule has 0 unspecified atom stereocenters. The third-order valence-electron chi connectivity index (χ3n) is 4.23. The number of para-hydroxylation sites is 1. The van der Waals surface area contributed by atoms with Crippen molar-refractivity contribution < 1.29 is 9.90 Å². The van der Waals surface area contributed by atoms with Crippen LogP contribution in [-0.4, -0.2) is 21.0 Å². The van der Waals surface area contributed by atoms with E-state index >= 15 is 0 Å². The molecule has 136 valence electrons. The van der Waals surface area contributed by atoms with Gasteiger partial charge in [0, 0.05) is 50.7 Å². The Morgan fingerprint density at radius 2 is 2.11 bits per heavy atom. The fourth-order valence-electron chi connectivity index (χ4n) is 2.86. The molecule has 4 aromatic rings. The summed E-state index contributed by atoms with van der Waals surface area (Å²) in [5.41, 5.74) is 3.96. The van der Waals surface area contributed by atoms with E-state index in [4.69, 9.17) is 0 Å². The summed E-state index contributed by atoms with van der Waals surface area (Å²) in [6.07, 6.45) is 2.00. The molecule has 2 aromatic heterocycles. The topological polar surface area (TPSA) is 90.0 Å². The van der Waals surface area contributed by atoms with E-state index in [1.165, 1.54) is 28.4 Å². The third kappa shape index (κ3) is 3.54. The van der Waals surface area contributed by atoms with Gasteiger partial charge in [-0.1, -0.05) is 18.2 Å². The molecule has 0 fully saturated rings. The number of halogens is 1. The number of aromatic amines is 1. The van der Waals surface area contributed by atoms with Crippen molar-refractivity contribution in [1.82, 2.24) is 14.3 Å². The molecule has 0 spiro atoms. The Labute approximate surface area is 167 Å². The maximum Gasteiger partial charge on any atom is 0.264 e. The normalized spacial score (nSPS) is 10.9. The van der Waals surface area contributed by atoms with E-state index < -0.39 is 5.91 Å². The molecule has 0 bridgehead atoms. The fraction of sp³-hybridized carbons (Fsp3) is 0.0526. The van der Waals surface area contributed by atoms with Crippen LogP contribution in [0.25, 0.3) is 22.2 Å². The highest BCUT2D eigenvalue weighted by molar-refractivity contribution is 9.08. The number of phenols is 1. The monoisotopic (exact) mass is 442 g/mol. The molecule has 0 aliphatic heterocycles. The number of benzene rings is 2. The number of thiazole rings is 1. The molecule has 8 heteroatoms. The maximum atomic E-state index is 11.8. The highest BCUT2D eigenvalue weighted by atomic mass is 79.9. The zero-order valence-electron chi connectivity index (χ0n) is 14.0. The number of carbonyl (C=O) groups is 1. The summed E-state index contributed by atoms with van der Waals surface area (Å²) in [5, 5.41) is 17.1. The van der Waals surface area contributed by atoms with Crippen molar-refractivity contribution in [3.05, 3.63) is 65.2 Å². The third-order valence-corrected chi connectivity index (χ3v) is 5.39. The SMILES string of the molecule is O=C(NBr)c1cc(-c2csc(NCc3c[nH]c4ccccc34)n2)ccc1O. The van der Waals surface area contributed by atoms with Gasteiger partial charge in [0.15, 0.2) is 5.13 Å². The van der Waals surface area contributed by atoms with Gasteiger partial charge in [0.05, 0.1) is 11.3 Å². The van der Waals surface area contributed by atoms with Crippen molar-refractivity contribution >= 4 is 49.4 Å². The molecule has 0 saturated heterocycles. The second kappa shape index (κ2) is 7.42. The van der Waals surface area contributed by atoms with Crippen LogP contribution in [0, 0.1) is 0 Å². The van der Waals surface area contributed by atoms with Gasteiger partial charge >= 0.3 is 0 Å². The first-order valence-corrected chi connectivity index (χ1v) is 9.81. The molecule has 4 rings (SSSR count). The van der Waals surface area contributed by atoms with Gasteiger partial charge in [-0.15, -0.1) is 11.3 Å². The second-order valence-electron chi connectivity index (χ2n) is 5.91. The summed E-state index contributed by atoms with van der Waals surface area (Å²) in [6.45, 7) is 0.657. The van der Waals surface area contributed by atoms with Crippen LogP contribution in [0.1, 0.15) is 15.9 Å². The summed E-state index contributed by atoms with van der Waals surface area (Å²) in [6, 6.07) is 13.0. The molecule has 1 amide bonds. The predicted molar refractivity (Wildman–Crippen MR) is 111 cm³/mol. The van der Waals surface area contributed by atoms with Crippen LogP contribution in [0.15, 0.2) is 54.0 Å². The van der Waals surface area contributed by atoms with Crippen LogP contribution < -0.4 is 9.66 Å². The van der Waals surface area contributed by atoms with E-state index in [1.54, 1.807) is 12.1 Å². The van der Waals surface area contributed by atoms with E-state index in [1.807, 2.05) is 29.8 Å². The summed E-state index contributed by atoms with van der Waals surface area (Å²) in [4.78, 5) is 19.7. The van der Waals surface area contributed by atoms with Gasteiger partial charge in [0.25, 0.3) is 5.91 Å². The lowest BCUT2D eigenvalue weighted by atomic mass is 10.1. The molecule has 0 saturated carbocycles. The smallest absolute Gasteiger partial charge is 0.264 e. The Balaban J connectivity index is 1.53. The standard InChI is InChI=1S/C19H15BrN4O2S/c20-24-18(26)14-7-11(5-6-17(14)25)16-10-27-19(23-16)22-9-12-8-21-15-4-2-1-3-13(12)15/h1-8,10,21,25H,9H2,(H,22,23)(H,24,26). The molecule has 2 heterocycles. The van der Waals surface area contributed by atoms with Crippen molar-refractivity contribution in [2.75, 3.05) is 5.32 Å². The van der Waals surface area contributed by atoms with E-state index in [2.05, 4.69) is 41.8 Å². The summed E-state index contributed by atoms with van der Waals surface area (Å²) in [7, 11) is 0. The van der Waals surface area contributed by atoms with E-state index in [-0.39, 0.29) is 11.3 Å². The molecule has 2 aromatic carbocycles. The van der Waals surface area contributed by atoms with Crippen molar-refractivity contribution in [2.45, 2.75) is 6.54 Å². The quantitative estimate of drug-likeness (QED) is 0.338. The van der Waals surface area contributed by atoms with Crippen molar-refractivity contribution in [1.29, 1.82) is 0 Å². The molecule has 0 aliphatic carbocycles. The zero-order valence-corrected chi connectivity index (χ0v) is 16.4. The number of fused-ring (bicyclic) bond motifs is 1. The number of aromatic hydroxyl groups is 1. The van der Waals surface area contributed by atoms with E-state index in [9.17, 15) is 9.90 Å². The Bertz CT molecular complexity index is 1120. The summed E-state index contributed by atoms with van der Waals surface area (Å²) in [5.74, 6) is -0.495. The van der Waals surface area contributed by atoms with Crippen LogP contribution in [0.2, 0.25) is 0 Å². The minimum atomic E-state index is -0.415. The first kappa shape index (κ1) is 17.6. The number of carbonyl (C=O) groups excluding carboxylic acids is 1. The van der Waals surface area contributed by atoms with Crippen molar-refractivity contribution in [2.24, 2.45) is 0 Å². The number of H-pyrrole nitrogens is 1. The minimum absolute atomic E-state index is 0.0800. The minimum Gasteiger partial charge on any atom is -0.507 e. The number of phenolic OH excluding ortho intramolecular Hbond substituents is 1. The number of hydrogen-bond donors (Lipinski definition) is 4. The molecule has 0 aliphatic rings. The molecule has 0 radical (unpaired) electrons. The molecule has 4 N–H and O–H groups in total. The Hall–Kier alpha value is -2.84. The first-order valence-electron chi connectivity index (χ1n) is 8.14. The van der Waals surface area contributed by atoms with E-state index in [0.29, 0.717) is 6.54 Å². The largest absolute Gasteiger partial charge is 0.507 e. The molecule has 0 atom stereocenters. The van der Waals surface area contributed by atoms with Gasteiger partial charge in [0.1, 0.15) is 5.75 Å². The average Bonchev–Trinajstić information content (AvgIpc) is 3.33. The highest BCUT2D eigenvalue weighted by Crippen LogP contribution is 2.29. The second-order valence-corrected chi connectivity index (χ2v) is 7.16. The highest BCUT2D eigenvalue weighted by Gasteiger charge is 2.13. The van der Waals surface area contributed by atoms with Gasteiger partial charge < -0.3 is 15.4 Å². The van der Waals surface area contributed by atoms with Crippen LogP contribution in [0.4, 0.5) is 5.13 Å². The first-order chi connectivity index (χ1) is 13.2. The van der Waals surface area contributed by atoms with Crippen LogP contribution in [-0.2, 0) is 6.54 Å². The molecule has 6 nitrogen and oxygen atoms in total. The molecule has 27 heavy (non-hydrogen) atoms.